The molecule has 1 aromatic heterocycles. The van der Waals surface area contributed by atoms with Gasteiger partial charge < -0.3 is 19.7 Å². The van der Waals surface area contributed by atoms with Crippen LogP contribution in [0.2, 0.25) is 10.3 Å². The number of amides is 1. The predicted molar refractivity (Wildman–Crippen MR) is 136 cm³/mol. The van der Waals surface area contributed by atoms with Crippen LogP contribution in [0.1, 0.15) is 61.3 Å². The van der Waals surface area contributed by atoms with Crippen molar-refractivity contribution in [2.75, 3.05) is 13.7 Å². The van der Waals surface area contributed by atoms with Crippen molar-refractivity contribution in [1.82, 2.24) is 14.9 Å². The van der Waals surface area contributed by atoms with Crippen molar-refractivity contribution >= 4 is 35.1 Å². The molecule has 1 heterocycles. The van der Waals surface area contributed by atoms with E-state index in [1.807, 2.05) is 38.1 Å². The van der Waals surface area contributed by atoms with E-state index in [0.717, 1.165) is 18.4 Å². The monoisotopic (exact) mass is 519 g/mol. The van der Waals surface area contributed by atoms with Crippen LogP contribution in [0.4, 0.5) is 0 Å². The van der Waals surface area contributed by atoms with Crippen LogP contribution in [0.3, 0.4) is 0 Å². The Morgan fingerprint density at radius 2 is 1.86 bits per heavy atom. The summed E-state index contributed by atoms with van der Waals surface area (Å²) in [5.41, 5.74) is 0.940. The lowest BCUT2D eigenvalue weighted by atomic mass is 9.82. The van der Waals surface area contributed by atoms with E-state index in [-0.39, 0.29) is 23.0 Å². The van der Waals surface area contributed by atoms with Gasteiger partial charge in [-0.15, -0.1) is 0 Å². The average molecular weight is 520 g/mol. The molecular formula is C26H31Cl2N3O4. The molecular weight excluding hydrogens is 489 g/mol. The van der Waals surface area contributed by atoms with Crippen LogP contribution in [0, 0.1) is 23.7 Å². The molecule has 1 aliphatic carbocycles. The highest BCUT2D eigenvalue weighted by Crippen LogP contribution is 2.28. The second-order valence-corrected chi connectivity index (χ2v) is 10.1. The fourth-order valence-electron chi connectivity index (χ4n) is 4.03. The van der Waals surface area contributed by atoms with Crippen molar-refractivity contribution in [3.8, 4) is 11.8 Å². The molecule has 188 valence electrons. The second-order valence-electron chi connectivity index (χ2n) is 9.34. The molecule has 3 rings (SSSR count). The minimum Gasteiger partial charge on any atom is -0.481 e. The Hall–Kier alpha value is -2.53. The molecule has 0 aliphatic heterocycles. The van der Waals surface area contributed by atoms with Crippen LogP contribution < -0.4 is 5.32 Å². The SMILES string of the molecule is COC(C)(C)C#Cc1nc(Cl)n(CCc2ccc(Cl)cc2)c1C(=O)NCC1CCC(C(=O)O)CC1. The van der Waals surface area contributed by atoms with E-state index in [2.05, 4.69) is 22.1 Å². The van der Waals surface area contributed by atoms with Gasteiger partial charge in [0.25, 0.3) is 5.91 Å². The number of nitrogens with zero attached hydrogens (tertiary/aromatic N) is 2. The fourth-order valence-corrected chi connectivity index (χ4v) is 4.41. The minimum absolute atomic E-state index is 0.186. The van der Waals surface area contributed by atoms with Crippen LogP contribution >= 0.6 is 23.2 Å². The number of aliphatic carboxylic acids is 1. The number of ether oxygens (including phenoxy) is 1. The summed E-state index contributed by atoms with van der Waals surface area (Å²) in [6, 6.07) is 7.51. The van der Waals surface area contributed by atoms with Gasteiger partial charge in [-0.05, 0) is 87.1 Å². The van der Waals surface area contributed by atoms with E-state index >= 15 is 0 Å². The number of aryl methyl sites for hydroxylation is 1. The van der Waals surface area contributed by atoms with Gasteiger partial charge in [-0.2, -0.15) is 0 Å². The maximum Gasteiger partial charge on any atom is 0.306 e. The first-order valence-electron chi connectivity index (χ1n) is 11.7. The third-order valence-electron chi connectivity index (χ3n) is 6.41. The first-order valence-corrected chi connectivity index (χ1v) is 12.4. The number of aromatic nitrogens is 2. The van der Waals surface area contributed by atoms with E-state index in [9.17, 15) is 14.7 Å². The molecule has 0 spiro atoms. The first kappa shape index (κ1) is 27.1. The van der Waals surface area contributed by atoms with Crippen molar-refractivity contribution in [3.05, 3.63) is 51.5 Å². The van der Waals surface area contributed by atoms with Gasteiger partial charge >= 0.3 is 5.97 Å². The number of imidazole rings is 1. The van der Waals surface area contributed by atoms with Crippen molar-refractivity contribution in [1.29, 1.82) is 0 Å². The zero-order valence-electron chi connectivity index (χ0n) is 20.2. The highest BCUT2D eigenvalue weighted by Gasteiger charge is 2.27. The van der Waals surface area contributed by atoms with Crippen LogP contribution in [0.25, 0.3) is 0 Å². The van der Waals surface area contributed by atoms with Crippen LogP contribution in [-0.2, 0) is 22.5 Å². The van der Waals surface area contributed by atoms with E-state index in [1.165, 1.54) is 0 Å². The smallest absolute Gasteiger partial charge is 0.306 e. The molecule has 2 aromatic rings. The molecule has 0 unspecified atom stereocenters. The molecule has 0 atom stereocenters. The van der Waals surface area contributed by atoms with Gasteiger partial charge in [0.15, 0.2) is 0 Å². The molecule has 7 nitrogen and oxygen atoms in total. The lowest BCUT2D eigenvalue weighted by Gasteiger charge is -2.26. The third-order valence-corrected chi connectivity index (χ3v) is 6.95. The van der Waals surface area contributed by atoms with Crippen LogP contribution in [0.15, 0.2) is 24.3 Å². The van der Waals surface area contributed by atoms with Gasteiger partial charge in [0.1, 0.15) is 17.0 Å². The number of carboxylic acids is 1. The summed E-state index contributed by atoms with van der Waals surface area (Å²) >= 11 is 12.4. The van der Waals surface area contributed by atoms with Crippen molar-refractivity contribution in [2.45, 2.75) is 58.1 Å². The number of halogens is 2. The molecule has 1 aliphatic rings. The van der Waals surface area contributed by atoms with E-state index in [1.54, 1.807) is 11.7 Å². The Balaban J connectivity index is 1.79. The van der Waals surface area contributed by atoms with Crippen molar-refractivity contribution < 1.29 is 19.4 Å². The van der Waals surface area contributed by atoms with Crippen molar-refractivity contribution in [2.24, 2.45) is 11.8 Å². The molecule has 9 heteroatoms. The number of carbonyl (C=O) groups is 2. The highest BCUT2D eigenvalue weighted by atomic mass is 35.5. The Morgan fingerprint density at radius 1 is 1.20 bits per heavy atom. The average Bonchev–Trinajstić information content (AvgIpc) is 3.16. The van der Waals surface area contributed by atoms with Crippen molar-refractivity contribution in [3.63, 3.8) is 0 Å². The van der Waals surface area contributed by atoms with E-state index in [0.29, 0.717) is 48.8 Å². The predicted octanol–water partition coefficient (Wildman–Crippen LogP) is 4.83. The number of hydrogen-bond donors (Lipinski definition) is 2. The normalized spacial score (nSPS) is 18.0. The summed E-state index contributed by atoms with van der Waals surface area (Å²) in [4.78, 5) is 28.9. The van der Waals surface area contributed by atoms with E-state index < -0.39 is 11.6 Å². The molecule has 2 N–H and O–H groups in total. The summed E-state index contributed by atoms with van der Waals surface area (Å²) in [7, 11) is 1.57. The van der Waals surface area contributed by atoms with Crippen LogP contribution in [-0.4, -0.2) is 45.8 Å². The van der Waals surface area contributed by atoms with Gasteiger partial charge in [0.2, 0.25) is 5.28 Å². The standard InChI is InChI=1S/C26H31Cl2N3O4/c1-26(2,35-3)14-12-21-22(23(32)29-16-18-4-8-19(9-5-18)24(33)34)31(25(28)30-21)15-13-17-6-10-20(27)11-7-17/h6-7,10-11,18-19H,4-5,8-9,13,15-16H2,1-3H3,(H,29,32)(H,33,34). The van der Waals surface area contributed by atoms with Gasteiger partial charge in [-0.25, -0.2) is 4.98 Å². The number of carbonyl (C=O) groups excluding carboxylic acids is 1. The number of benzene rings is 1. The molecule has 0 bridgehead atoms. The largest absolute Gasteiger partial charge is 0.481 e. The number of rotatable bonds is 8. The summed E-state index contributed by atoms with van der Waals surface area (Å²) in [5.74, 6) is 4.87. The quantitative estimate of drug-likeness (QED) is 0.487. The minimum atomic E-state index is -0.742. The molecule has 1 saturated carbocycles. The first-order chi connectivity index (χ1) is 16.6. The maximum absolute atomic E-state index is 13.3. The zero-order chi connectivity index (χ0) is 25.6. The highest BCUT2D eigenvalue weighted by molar-refractivity contribution is 6.30. The summed E-state index contributed by atoms with van der Waals surface area (Å²) in [5, 5.41) is 13.1. The molecule has 1 fully saturated rings. The van der Waals surface area contributed by atoms with Crippen LogP contribution in [0.5, 0.6) is 0 Å². The van der Waals surface area contributed by atoms with Gasteiger partial charge in [0, 0.05) is 25.2 Å². The summed E-state index contributed by atoms with van der Waals surface area (Å²) in [6.45, 7) is 4.55. The molecule has 35 heavy (non-hydrogen) atoms. The van der Waals surface area contributed by atoms with Gasteiger partial charge in [-0.3, -0.25) is 9.59 Å². The lowest BCUT2D eigenvalue weighted by Crippen LogP contribution is -2.34. The maximum atomic E-state index is 13.3. The Morgan fingerprint density at radius 3 is 2.46 bits per heavy atom. The number of nitrogens with one attached hydrogen (secondary N) is 1. The topological polar surface area (TPSA) is 93.5 Å². The summed E-state index contributed by atoms with van der Waals surface area (Å²) in [6.07, 6.45) is 3.42. The Labute approximate surface area is 216 Å². The van der Waals surface area contributed by atoms with E-state index in [4.69, 9.17) is 27.9 Å². The molecule has 0 saturated heterocycles. The number of methoxy groups -OCH3 is 1. The molecule has 0 radical (unpaired) electrons. The third kappa shape index (κ3) is 7.47. The molecule has 1 amide bonds. The fraction of sp³-hybridized carbons (Fsp3) is 0.500. The molecule has 1 aromatic carbocycles. The van der Waals surface area contributed by atoms with Gasteiger partial charge in [-0.1, -0.05) is 29.7 Å². The van der Waals surface area contributed by atoms with Gasteiger partial charge in [0.05, 0.1) is 5.92 Å². The Kier molecular flexibility index (Phi) is 9.23. The number of carboxylic acid groups (broad SMARTS) is 1. The lowest BCUT2D eigenvalue weighted by molar-refractivity contribution is -0.143. The summed E-state index contributed by atoms with van der Waals surface area (Å²) < 4.78 is 7.05. The Bertz CT molecular complexity index is 1110. The second kappa shape index (κ2) is 11.9. The number of hydrogen-bond acceptors (Lipinski definition) is 4. The zero-order valence-corrected chi connectivity index (χ0v) is 21.7.